The number of nitro groups is 1. The van der Waals surface area contributed by atoms with Crippen LogP contribution in [-0.2, 0) is 22.6 Å². The zero-order valence-electron chi connectivity index (χ0n) is 23.0. The van der Waals surface area contributed by atoms with E-state index in [-0.39, 0.29) is 48.2 Å². The number of ether oxygens (including phenoxy) is 2. The summed E-state index contributed by atoms with van der Waals surface area (Å²) in [5, 5.41) is 10.7. The van der Waals surface area contributed by atoms with E-state index in [0.717, 1.165) is 6.07 Å². The molecule has 2 aliphatic rings. The number of piperazine rings is 2. The molecule has 0 aromatic heterocycles. The third-order valence-corrected chi connectivity index (χ3v) is 6.76. The van der Waals surface area contributed by atoms with E-state index in [1.807, 2.05) is 4.90 Å². The summed E-state index contributed by atoms with van der Waals surface area (Å²) in [7, 11) is 2.70. The molecule has 2 aromatic carbocycles. The topological polar surface area (TPSA) is 135 Å². The van der Waals surface area contributed by atoms with Gasteiger partial charge in [0.05, 0.1) is 24.8 Å². The molecule has 4 rings (SSSR count). The second kappa shape index (κ2) is 15.9. The molecule has 226 valence electrons. The van der Waals surface area contributed by atoms with Gasteiger partial charge in [0.1, 0.15) is 0 Å². The summed E-state index contributed by atoms with van der Waals surface area (Å²) in [4.78, 5) is 39.9. The smallest absolute Gasteiger partial charge is 0.409 e. The largest absolute Gasteiger partial charge is 0.453 e. The van der Waals surface area contributed by atoms with Gasteiger partial charge in [-0.3, -0.25) is 19.9 Å². The van der Waals surface area contributed by atoms with Crippen LogP contribution in [-0.4, -0.2) is 103 Å². The van der Waals surface area contributed by atoms with E-state index in [9.17, 15) is 28.5 Å². The predicted octanol–water partition coefficient (Wildman–Crippen LogP) is 3.33. The van der Waals surface area contributed by atoms with Gasteiger partial charge in [-0.2, -0.15) is 4.39 Å². The molecule has 2 fully saturated rings. The zero-order chi connectivity index (χ0) is 29.2. The van der Waals surface area contributed by atoms with Gasteiger partial charge in [0.2, 0.25) is 5.82 Å². The Hall–Kier alpha value is -3.75. The first-order valence-electron chi connectivity index (χ1n) is 12.7. The summed E-state index contributed by atoms with van der Waals surface area (Å²) in [5.74, 6) is -1.14. The third-order valence-electron chi connectivity index (χ3n) is 6.76. The molecular weight excluding hydrogens is 566 g/mol. The second-order valence-electron chi connectivity index (χ2n) is 9.29. The van der Waals surface area contributed by atoms with Crippen LogP contribution in [0.2, 0.25) is 0 Å². The van der Waals surface area contributed by atoms with Crippen molar-refractivity contribution in [2.45, 2.75) is 13.1 Å². The highest BCUT2D eigenvalue weighted by Crippen LogP contribution is 2.22. The Morgan fingerprint density at radius 2 is 1.22 bits per heavy atom. The Labute approximate surface area is 243 Å². The van der Waals surface area contributed by atoms with Gasteiger partial charge in [-0.05, 0) is 6.07 Å². The van der Waals surface area contributed by atoms with Crippen molar-refractivity contribution in [1.29, 1.82) is 0 Å². The van der Waals surface area contributed by atoms with Gasteiger partial charge in [0.15, 0.2) is 5.82 Å². The van der Waals surface area contributed by atoms with Crippen LogP contribution in [0.1, 0.15) is 11.1 Å². The van der Waals surface area contributed by atoms with E-state index in [4.69, 9.17) is 5.73 Å². The average molecular weight is 601 g/mol. The number of halogens is 3. The van der Waals surface area contributed by atoms with Crippen molar-refractivity contribution in [1.82, 2.24) is 19.6 Å². The van der Waals surface area contributed by atoms with Crippen LogP contribution >= 0.6 is 12.4 Å². The van der Waals surface area contributed by atoms with Crippen LogP contribution in [0.4, 0.5) is 29.7 Å². The van der Waals surface area contributed by atoms with Gasteiger partial charge in [0, 0.05) is 82.6 Å². The molecule has 2 aliphatic heterocycles. The number of anilines is 1. The fraction of sp³-hybridized carbons (Fsp3) is 0.462. The van der Waals surface area contributed by atoms with E-state index in [2.05, 4.69) is 14.4 Å². The number of nitrogen functional groups attached to an aromatic ring is 1. The Bertz CT molecular complexity index is 1190. The summed E-state index contributed by atoms with van der Waals surface area (Å²) in [6.07, 6.45) is -0.689. The fourth-order valence-corrected chi connectivity index (χ4v) is 4.47. The standard InChI is InChI=1S/C13H16FN3O4.C13H18FN3O2.ClH/c1-21-13(18)16-7-5-15(6-8-16)9-10-3-2-4-11(12(10)14)17(19)20;1-19-13(18)17-7-5-16(6-8-17)9-10-3-2-4-11(15)12(10)14;/h2-4H,5-9H2,1H3;2-4H,5-9,15H2,1H3;1H. The lowest BCUT2D eigenvalue weighted by Crippen LogP contribution is -2.48. The summed E-state index contributed by atoms with van der Waals surface area (Å²) in [6, 6.07) is 9.19. The summed E-state index contributed by atoms with van der Waals surface area (Å²) < 4.78 is 37.1. The molecule has 15 heteroatoms. The molecule has 41 heavy (non-hydrogen) atoms. The molecule has 2 N–H and O–H groups in total. The zero-order valence-corrected chi connectivity index (χ0v) is 23.8. The Kier molecular flexibility index (Phi) is 13.0. The highest BCUT2D eigenvalue weighted by molar-refractivity contribution is 5.85. The number of nitro benzene ring substituents is 1. The maximum Gasteiger partial charge on any atom is 0.409 e. The molecule has 2 aromatic rings. The average Bonchev–Trinajstić information content (AvgIpc) is 2.96. The number of nitrogens with zero attached hydrogens (tertiary/aromatic N) is 5. The monoisotopic (exact) mass is 600 g/mol. The molecule has 2 amide bonds. The first-order chi connectivity index (χ1) is 19.1. The van der Waals surface area contributed by atoms with Crippen LogP contribution in [0, 0.1) is 21.7 Å². The quantitative estimate of drug-likeness (QED) is 0.311. The van der Waals surface area contributed by atoms with Crippen molar-refractivity contribution in [2.24, 2.45) is 0 Å². The van der Waals surface area contributed by atoms with Crippen molar-refractivity contribution in [2.75, 3.05) is 72.3 Å². The third kappa shape index (κ3) is 9.13. The predicted molar refractivity (Wildman–Crippen MR) is 150 cm³/mol. The van der Waals surface area contributed by atoms with Gasteiger partial charge in [-0.1, -0.05) is 24.3 Å². The van der Waals surface area contributed by atoms with Crippen molar-refractivity contribution < 1.29 is 32.8 Å². The minimum absolute atomic E-state index is 0. The molecule has 0 spiro atoms. The number of carbonyl (C=O) groups excluding carboxylic acids is 2. The Morgan fingerprint density at radius 1 is 0.805 bits per heavy atom. The number of hydrogen-bond donors (Lipinski definition) is 1. The van der Waals surface area contributed by atoms with E-state index in [1.165, 1.54) is 26.4 Å². The lowest BCUT2D eigenvalue weighted by atomic mass is 10.1. The number of carbonyl (C=O) groups is 2. The maximum atomic E-state index is 14.0. The number of nitrogens with two attached hydrogens (primary N) is 1. The van der Waals surface area contributed by atoms with Crippen molar-refractivity contribution in [3.05, 3.63) is 69.3 Å². The highest BCUT2D eigenvalue weighted by atomic mass is 35.5. The van der Waals surface area contributed by atoms with E-state index in [0.29, 0.717) is 64.5 Å². The molecule has 0 atom stereocenters. The SMILES string of the molecule is COC(=O)N1CCN(Cc2cccc(N)c2F)CC1.COC(=O)N1CCN(Cc2cccc([N+](=O)[O-])c2F)CC1.Cl. The number of methoxy groups -OCH3 is 2. The number of hydrogen-bond acceptors (Lipinski definition) is 9. The molecule has 0 unspecified atom stereocenters. The molecular formula is C26H35ClF2N6O6. The van der Waals surface area contributed by atoms with Crippen molar-refractivity contribution >= 4 is 36.0 Å². The van der Waals surface area contributed by atoms with Gasteiger partial charge in [-0.15, -0.1) is 12.4 Å². The molecule has 0 saturated carbocycles. The lowest BCUT2D eigenvalue weighted by molar-refractivity contribution is -0.387. The normalized spacial score (nSPS) is 15.7. The number of amides is 2. The van der Waals surface area contributed by atoms with Crippen molar-refractivity contribution in [3.63, 3.8) is 0 Å². The molecule has 2 saturated heterocycles. The van der Waals surface area contributed by atoms with Gasteiger partial charge < -0.3 is 25.0 Å². The summed E-state index contributed by atoms with van der Waals surface area (Å²) in [5.41, 5.74) is 6.08. The van der Waals surface area contributed by atoms with E-state index < -0.39 is 16.4 Å². The van der Waals surface area contributed by atoms with Crippen molar-refractivity contribution in [3.8, 4) is 0 Å². The van der Waals surface area contributed by atoms with Crippen LogP contribution in [0.25, 0.3) is 0 Å². The number of rotatable bonds is 5. The van der Waals surface area contributed by atoms with Gasteiger partial charge >= 0.3 is 17.9 Å². The molecule has 2 heterocycles. The van der Waals surface area contributed by atoms with Crippen LogP contribution < -0.4 is 5.73 Å². The van der Waals surface area contributed by atoms with Crippen LogP contribution in [0.5, 0.6) is 0 Å². The minimum atomic E-state index is -0.794. The van der Waals surface area contributed by atoms with Crippen LogP contribution in [0.3, 0.4) is 0 Å². The first kappa shape index (κ1) is 33.5. The number of benzene rings is 2. The molecule has 0 radical (unpaired) electrons. The fourth-order valence-electron chi connectivity index (χ4n) is 4.47. The second-order valence-corrected chi connectivity index (χ2v) is 9.29. The summed E-state index contributed by atoms with van der Waals surface area (Å²) >= 11 is 0. The van der Waals surface area contributed by atoms with Crippen LogP contribution in [0.15, 0.2) is 36.4 Å². The maximum absolute atomic E-state index is 14.0. The lowest BCUT2D eigenvalue weighted by Gasteiger charge is -2.33. The van der Waals surface area contributed by atoms with Gasteiger partial charge in [-0.25, -0.2) is 14.0 Å². The minimum Gasteiger partial charge on any atom is -0.453 e. The highest BCUT2D eigenvalue weighted by Gasteiger charge is 2.24. The van der Waals surface area contributed by atoms with Gasteiger partial charge in [0.25, 0.3) is 0 Å². The van der Waals surface area contributed by atoms with E-state index >= 15 is 0 Å². The van der Waals surface area contributed by atoms with E-state index in [1.54, 1.807) is 28.0 Å². The Balaban J connectivity index is 0.000000281. The molecule has 12 nitrogen and oxygen atoms in total. The molecule has 0 aliphatic carbocycles. The summed E-state index contributed by atoms with van der Waals surface area (Å²) in [6.45, 7) is 5.48. The molecule has 0 bridgehead atoms. The first-order valence-corrected chi connectivity index (χ1v) is 12.7. The Morgan fingerprint density at radius 3 is 1.63 bits per heavy atom.